The molecule has 0 aliphatic heterocycles. The number of halogens is 3. The number of amides is 1. The maximum Gasteiger partial charge on any atom is 0.417 e. The Morgan fingerprint density at radius 3 is 2.26 bits per heavy atom. The average Bonchev–Trinajstić information content (AvgIpc) is 2.46. The van der Waals surface area contributed by atoms with Crippen molar-refractivity contribution in [2.24, 2.45) is 0 Å². The fourth-order valence-corrected chi connectivity index (χ4v) is 2.07. The molecular weight excluding hydrogens is 307 g/mol. The van der Waals surface area contributed by atoms with Crippen LogP contribution in [0.25, 0.3) is 0 Å². The summed E-state index contributed by atoms with van der Waals surface area (Å²) in [6, 6.07) is 11.7. The standard InChI is InChI=1S/C17H16F3NO2/c1-11(2)23-14-10-6-9-13(17(18,19)20)15(14)16(22)21-12-7-4-3-5-8-12/h3-11H,1-2H3,(H,21,22). The van der Waals surface area contributed by atoms with E-state index < -0.39 is 23.2 Å². The normalized spacial score (nSPS) is 11.4. The van der Waals surface area contributed by atoms with Gasteiger partial charge in [0.1, 0.15) is 5.75 Å². The van der Waals surface area contributed by atoms with Gasteiger partial charge >= 0.3 is 6.18 Å². The number of rotatable bonds is 4. The largest absolute Gasteiger partial charge is 0.490 e. The number of nitrogens with one attached hydrogen (secondary N) is 1. The van der Waals surface area contributed by atoms with Gasteiger partial charge in [0.05, 0.1) is 17.2 Å². The van der Waals surface area contributed by atoms with Gasteiger partial charge in [-0.05, 0) is 38.1 Å². The Morgan fingerprint density at radius 2 is 1.70 bits per heavy atom. The molecule has 0 aliphatic carbocycles. The second-order valence-electron chi connectivity index (χ2n) is 5.16. The highest BCUT2D eigenvalue weighted by Crippen LogP contribution is 2.36. The van der Waals surface area contributed by atoms with Crippen LogP contribution in [0.4, 0.5) is 18.9 Å². The molecule has 2 aromatic rings. The molecule has 1 amide bonds. The van der Waals surface area contributed by atoms with Gasteiger partial charge in [0.2, 0.25) is 0 Å². The third-order valence-electron chi connectivity index (χ3n) is 2.95. The number of hydrogen-bond donors (Lipinski definition) is 1. The number of alkyl halides is 3. The van der Waals surface area contributed by atoms with E-state index >= 15 is 0 Å². The van der Waals surface area contributed by atoms with Crippen molar-refractivity contribution in [3.8, 4) is 5.75 Å². The van der Waals surface area contributed by atoms with Gasteiger partial charge in [0, 0.05) is 5.69 Å². The number of benzene rings is 2. The van der Waals surface area contributed by atoms with Gasteiger partial charge in [-0.1, -0.05) is 24.3 Å². The summed E-state index contributed by atoms with van der Waals surface area (Å²) in [6.45, 7) is 3.36. The number of para-hydroxylation sites is 1. The van der Waals surface area contributed by atoms with E-state index in [-0.39, 0.29) is 11.9 Å². The highest BCUT2D eigenvalue weighted by molar-refractivity contribution is 6.07. The molecule has 0 heterocycles. The van der Waals surface area contributed by atoms with Crippen LogP contribution in [0.1, 0.15) is 29.8 Å². The summed E-state index contributed by atoms with van der Waals surface area (Å²) < 4.78 is 45.1. The van der Waals surface area contributed by atoms with Crippen molar-refractivity contribution in [3.63, 3.8) is 0 Å². The smallest absolute Gasteiger partial charge is 0.417 e. The third kappa shape index (κ3) is 4.25. The molecule has 0 atom stereocenters. The summed E-state index contributed by atoms with van der Waals surface area (Å²) in [6.07, 6.45) is -5.01. The minimum Gasteiger partial charge on any atom is -0.490 e. The summed E-state index contributed by atoms with van der Waals surface area (Å²) in [7, 11) is 0. The van der Waals surface area contributed by atoms with E-state index in [0.717, 1.165) is 6.07 Å². The van der Waals surface area contributed by atoms with Crippen LogP contribution in [0.2, 0.25) is 0 Å². The second kappa shape index (κ2) is 6.73. The van der Waals surface area contributed by atoms with Gasteiger partial charge in [-0.2, -0.15) is 13.2 Å². The Morgan fingerprint density at radius 1 is 1.04 bits per heavy atom. The predicted octanol–water partition coefficient (Wildman–Crippen LogP) is 4.74. The average molecular weight is 323 g/mol. The topological polar surface area (TPSA) is 38.3 Å². The van der Waals surface area contributed by atoms with Gasteiger partial charge in [0.25, 0.3) is 5.91 Å². The highest BCUT2D eigenvalue weighted by Gasteiger charge is 2.37. The van der Waals surface area contributed by atoms with Crippen molar-refractivity contribution in [2.45, 2.75) is 26.1 Å². The molecular formula is C17H16F3NO2. The molecule has 0 saturated heterocycles. The number of carbonyl (C=O) groups excluding carboxylic acids is 1. The van der Waals surface area contributed by atoms with E-state index in [1.165, 1.54) is 12.1 Å². The van der Waals surface area contributed by atoms with Crippen LogP contribution in [0.3, 0.4) is 0 Å². The Labute approximate surface area is 132 Å². The monoisotopic (exact) mass is 323 g/mol. The van der Waals surface area contributed by atoms with E-state index in [9.17, 15) is 18.0 Å². The van der Waals surface area contributed by atoms with Crippen molar-refractivity contribution in [1.82, 2.24) is 0 Å². The van der Waals surface area contributed by atoms with E-state index in [1.807, 2.05) is 0 Å². The van der Waals surface area contributed by atoms with Crippen LogP contribution in [0.5, 0.6) is 5.75 Å². The van der Waals surface area contributed by atoms with Gasteiger partial charge in [-0.25, -0.2) is 0 Å². The molecule has 6 heteroatoms. The fraction of sp³-hybridized carbons (Fsp3) is 0.235. The fourth-order valence-electron chi connectivity index (χ4n) is 2.07. The van der Waals surface area contributed by atoms with Crippen molar-refractivity contribution in [2.75, 3.05) is 5.32 Å². The lowest BCUT2D eigenvalue weighted by Crippen LogP contribution is -2.21. The highest BCUT2D eigenvalue weighted by atomic mass is 19.4. The SMILES string of the molecule is CC(C)Oc1cccc(C(F)(F)F)c1C(=O)Nc1ccccc1. The van der Waals surface area contributed by atoms with Crippen LogP contribution in [-0.2, 0) is 6.18 Å². The van der Waals surface area contributed by atoms with Crippen LogP contribution in [-0.4, -0.2) is 12.0 Å². The number of hydrogen-bond acceptors (Lipinski definition) is 2. The zero-order chi connectivity index (χ0) is 17.0. The first-order valence-electron chi connectivity index (χ1n) is 7.02. The summed E-state index contributed by atoms with van der Waals surface area (Å²) >= 11 is 0. The minimum atomic E-state index is -4.65. The zero-order valence-corrected chi connectivity index (χ0v) is 12.6. The first-order valence-corrected chi connectivity index (χ1v) is 7.02. The van der Waals surface area contributed by atoms with E-state index in [2.05, 4.69) is 5.32 Å². The lowest BCUT2D eigenvalue weighted by molar-refractivity contribution is -0.138. The molecule has 23 heavy (non-hydrogen) atoms. The minimum absolute atomic E-state index is 0.0942. The number of anilines is 1. The Balaban J connectivity index is 2.46. The maximum atomic E-state index is 13.2. The van der Waals surface area contributed by atoms with Crippen LogP contribution in [0, 0.1) is 0 Å². The van der Waals surface area contributed by atoms with Crippen molar-refractivity contribution in [1.29, 1.82) is 0 Å². The molecule has 2 rings (SSSR count). The molecule has 0 saturated carbocycles. The molecule has 0 unspecified atom stereocenters. The second-order valence-corrected chi connectivity index (χ2v) is 5.16. The number of carbonyl (C=O) groups is 1. The van der Waals surface area contributed by atoms with Crippen molar-refractivity contribution >= 4 is 11.6 Å². The summed E-state index contributed by atoms with van der Waals surface area (Å²) in [4.78, 5) is 12.4. The molecule has 0 aliphatic rings. The Bertz CT molecular complexity index is 682. The molecule has 1 N–H and O–H groups in total. The molecule has 0 aromatic heterocycles. The van der Waals surface area contributed by atoms with Crippen LogP contribution >= 0.6 is 0 Å². The third-order valence-corrected chi connectivity index (χ3v) is 2.95. The summed E-state index contributed by atoms with van der Waals surface area (Å²) in [5, 5.41) is 2.47. The van der Waals surface area contributed by atoms with Crippen LogP contribution in [0.15, 0.2) is 48.5 Å². The Hall–Kier alpha value is -2.50. The molecule has 0 radical (unpaired) electrons. The lowest BCUT2D eigenvalue weighted by Gasteiger charge is -2.18. The van der Waals surface area contributed by atoms with Gasteiger partial charge in [-0.15, -0.1) is 0 Å². The van der Waals surface area contributed by atoms with E-state index in [4.69, 9.17) is 4.74 Å². The lowest BCUT2D eigenvalue weighted by atomic mass is 10.0. The number of ether oxygens (including phenoxy) is 1. The van der Waals surface area contributed by atoms with Crippen molar-refractivity contribution in [3.05, 3.63) is 59.7 Å². The first-order chi connectivity index (χ1) is 10.8. The maximum absolute atomic E-state index is 13.2. The molecule has 0 spiro atoms. The molecule has 3 nitrogen and oxygen atoms in total. The molecule has 2 aromatic carbocycles. The van der Waals surface area contributed by atoms with Gasteiger partial charge < -0.3 is 10.1 Å². The quantitative estimate of drug-likeness (QED) is 0.882. The van der Waals surface area contributed by atoms with E-state index in [0.29, 0.717) is 5.69 Å². The van der Waals surface area contributed by atoms with Gasteiger partial charge in [0.15, 0.2) is 0 Å². The summed E-state index contributed by atoms with van der Waals surface area (Å²) in [5.74, 6) is -0.956. The molecule has 0 bridgehead atoms. The van der Waals surface area contributed by atoms with Crippen LogP contribution < -0.4 is 10.1 Å². The predicted molar refractivity (Wildman–Crippen MR) is 81.6 cm³/mol. The first kappa shape index (κ1) is 16.9. The zero-order valence-electron chi connectivity index (χ0n) is 12.6. The Kier molecular flexibility index (Phi) is 4.93. The molecule has 122 valence electrons. The van der Waals surface area contributed by atoms with Crippen molar-refractivity contribution < 1.29 is 22.7 Å². The summed E-state index contributed by atoms with van der Waals surface area (Å²) in [5.41, 5.74) is -1.13. The molecule has 0 fully saturated rings. The van der Waals surface area contributed by atoms with Gasteiger partial charge in [-0.3, -0.25) is 4.79 Å². The van der Waals surface area contributed by atoms with E-state index in [1.54, 1.807) is 44.2 Å².